The number of rotatable bonds is 5. The Kier molecular flexibility index (Phi) is 5.89. The van der Waals surface area contributed by atoms with Crippen LogP contribution in [0.1, 0.15) is 16.1 Å². The van der Waals surface area contributed by atoms with Crippen LogP contribution in [0.4, 0.5) is 0 Å². The number of carbonyl (C=O) groups is 1. The molecule has 0 radical (unpaired) electrons. The smallest absolute Gasteiger partial charge is 0.274 e. The lowest BCUT2D eigenvalue weighted by molar-refractivity contribution is 0.0695. The first-order valence-corrected chi connectivity index (χ1v) is 13.3. The van der Waals surface area contributed by atoms with Gasteiger partial charge in [0.15, 0.2) is 5.69 Å². The predicted molar refractivity (Wildman–Crippen MR) is 120 cm³/mol. The van der Waals surface area contributed by atoms with E-state index < -0.39 is 25.8 Å². The Morgan fingerprint density at radius 1 is 0.938 bits per heavy atom. The lowest BCUT2D eigenvalue weighted by atomic mass is 10.2. The van der Waals surface area contributed by atoms with Crippen LogP contribution in [0.2, 0.25) is 0 Å². The molecule has 3 heterocycles. The van der Waals surface area contributed by atoms with E-state index in [2.05, 4.69) is 4.98 Å². The van der Waals surface area contributed by atoms with Gasteiger partial charge in [-0.1, -0.05) is 36.4 Å². The second-order valence-electron chi connectivity index (χ2n) is 7.42. The Hall–Kier alpha value is -3.02. The maximum absolute atomic E-state index is 13.1. The van der Waals surface area contributed by atoms with Crippen LogP contribution in [0.15, 0.2) is 65.3 Å². The summed E-state index contributed by atoms with van der Waals surface area (Å²) in [4.78, 5) is 18.7. The van der Waals surface area contributed by atoms with Crippen molar-refractivity contribution in [2.45, 2.75) is 5.16 Å². The molecule has 1 fully saturated rings. The third-order valence-corrected chi connectivity index (χ3v) is 7.68. The number of sulfonamides is 1. The molecule has 11 heteroatoms. The number of sulfone groups is 1. The number of aromatic nitrogens is 2. The van der Waals surface area contributed by atoms with Gasteiger partial charge in [-0.05, 0) is 23.8 Å². The van der Waals surface area contributed by atoms with E-state index in [9.17, 15) is 21.6 Å². The number of imidazole rings is 1. The summed E-state index contributed by atoms with van der Waals surface area (Å²) in [6.07, 6.45) is 4.12. The molecule has 3 aromatic rings. The molecule has 2 aromatic heterocycles. The monoisotopic (exact) mass is 474 g/mol. The van der Waals surface area contributed by atoms with E-state index in [-0.39, 0.29) is 37.0 Å². The largest absolute Gasteiger partial charge is 0.335 e. The Labute approximate surface area is 186 Å². The highest BCUT2D eigenvalue weighted by Gasteiger charge is 2.31. The number of hydrogen-bond donors (Lipinski definition) is 0. The van der Waals surface area contributed by atoms with Crippen molar-refractivity contribution in [3.63, 3.8) is 0 Å². The van der Waals surface area contributed by atoms with Crippen LogP contribution >= 0.6 is 0 Å². The molecule has 168 valence electrons. The molecule has 4 rings (SSSR count). The van der Waals surface area contributed by atoms with Crippen molar-refractivity contribution in [3.05, 3.63) is 71.4 Å². The third kappa shape index (κ3) is 4.45. The molecule has 0 atom stereocenters. The summed E-state index contributed by atoms with van der Waals surface area (Å²) < 4.78 is 52.2. The zero-order chi connectivity index (χ0) is 22.9. The zero-order valence-corrected chi connectivity index (χ0v) is 19.0. The van der Waals surface area contributed by atoms with Crippen molar-refractivity contribution >= 4 is 37.4 Å². The number of amides is 1. The molecular weight excluding hydrogens is 452 g/mol. The Bertz CT molecular complexity index is 1390. The summed E-state index contributed by atoms with van der Waals surface area (Å²) in [5.74, 6) is -0.430. The van der Waals surface area contributed by atoms with Crippen LogP contribution in [0.3, 0.4) is 0 Å². The number of benzene rings is 1. The fraction of sp³-hybridized carbons (Fsp3) is 0.238. The molecule has 0 unspecified atom stereocenters. The summed E-state index contributed by atoms with van der Waals surface area (Å²) in [6.45, 7) is 0.629. The molecule has 0 saturated carbocycles. The highest BCUT2D eigenvalue weighted by Crippen LogP contribution is 2.20. The molecule has 0 spiro atoms. The van der Waals surface area contributed by atoms with Crippen molar-refractivity contribution in [1.29, 1.82) is 0 Å². The normalized spacial score (nSPS) is 16.1. The van der Waals surface area contributed by atoms with E-state index in [4.69, 9.17) is 0 Å². The molecule has 0 N–H and O–H groups in total. The first-order chi connectivity index (χ1) is 15.2. The van der Waals surface area contributed by atoms with Gasteiger partial charge in [0.2, 0.25) is 25.0 Å². The van der Waals surface area contributed by atoms with Gasteiger partial charge >= 0.3 is 0 Å². The van der Waals surface area contributed by atoms with Crippen molar-refractivity contribution in [1.82, 2.24) is 18.6 Å². The second kappa shape index (κ2) is 8.49. The van der Waals surface area contributed by atoms with E-state index >= 15 is 0 Å². The maximum atomic E-state index is 13.1. The van der Waals surface area contributed by atoms with E-state index in [1.54, 1.807) is 24.4 Å². The van der Waals surface area contributed by atoms with Gasteiger partial charge in [0.1, 0.15) is 0 Å². The lowest BCUT2D eigenvalue weighted by Gasteiger charge is -2.33. The molecule has 1 aliphatic heterocycles. The van der Waals surface area contributed by atoms with E-state index in [0.29, 0.717) is 5.52 Å². The number of pyridine rings is 1. The highest BCUT2D eigenvalue weighted by atomic mass is 32.2. The average Bonchev–Trinajstić information content (AvgIpc) is 3.18. The molecule has 1 saturated heterocycles. The Morgan fingerprint density at radius 3 is 2.25 bits per heavy atom. The van der Waals surface area contributed by atoms with Gasteiger partial charge in [-0.2, -0.15) is 4.31 Å². The second-order valence-corrected chi connectivity index (χ2v) is 11.1. The SMILES string of the molecule is CS(=O)(=O)c1nc(C(=O)N2CCN(S(=O)(=O)/C=C/c3ccccc3)CC2)c2ccccn12. The summed E-state index contributed by atoms with van der Waals surface area (Å²) in [7, 11) is -7.27. The maximum Gasteiger partial charge on any atom is 0.274 e. The van der Waals surface area contributed by atoms with Crippen LogP contribution in [-0.2, 0) is 19.9 Å². The van der Waals surface area contributed by atoms with Gasteiger partial charge < -0.3 is 4.90 Å². The van der Waals surface area contributed by atoms with Crippen molar-refractivity contribution in [2.24, 2.45) is 0 Å². The highest BCUT2D eigenvalue weighted by molar-refractivity contribution is 7.92. The number of fused-ring (bicyclic) bond motifs is 1. The minimum Gasteiger partial charge on any atom is -0.335 e. The minimum absolute atomic E-state index is 0.0336. The molecule has 0 bridgehead atoms. The quantitative estimate of drug-likeness (QED) is 0.554. The van der Waals surface area contributed by atoms with Crippen LogP contribution in [0.5, 0.6) is 0 Å². The van der Waals surface area contributed by atoms with E-state index in [1.165, 1.54) is 25.1 Å². The van der Waals surface area contributed by atoms with Crippen LogP contribution in [0.25, 0.3) is 11.6 Å². The van der Waals surface area contributed by atoms with Gasteiger partial charge in [-0.25, -0.2) is 21.8 Å². The van der Waals surface area contributed by atoms with E-state index in [1.807, 2.05) is 30.3 Å². The molecule has 1 amide bonds. The summed E-state index contributed by atoms with van der Waals surface area (Å²) in [5, 5.41) is 0.963. The van der Waals surface area contributed by atoms with E-state index in [0.717, 1.165) is 11.8 Å². The fourth-order valence-corrected chi connectivity index (χ4v) is 5.49. The van der Waals surface area contributed by atoms with Crippen LogP contribution in [0, 0.1) is 0 Å². The Balaban J connectivity index is 1.50. The zero-order valence-electron chi connectivity index (χ0n) is 17.3. The first-order valence-electron chi connectivity index (χ1n) is 9.86. The first kappa shape index (κ1) is 22.2. The summed E-state index contributed by atoms with van der Waals surface area (Å²) >= 11 is 0. The number of piperazine rings is 1. The predicted octanol–water partition coefficient (Wildman–Crippen LogP) is 1.50. The van der Waals surface area contributed by atoms with Gasteiger partial charge in [-0.15, -0.1) is 0 Å². The topological polar surface area (TPSA) is 109 Å². The Morgan fingerprint density at radius 2 is 1.59 bits per heavy atom. The number of nitrogens with zero attached hydrogens (tertiary/aromatic N) is 4. The molecular formula is C21H22N4O5S2. The average molecular weight is 475 g/mol. The van der Waals surface area contributed by atoms with Gasteiger partial charge in [0.25, 0.3) is 5.91 Å². The summed E-state index contributed by atoms with van der Waals surface area (Å²) in [5.41, 5.74) is 1.20. The third-order valence-electron chi connectivity index (χ3n) is 5.17. The van der Waals surface area contributed by atoms with Gasteiger partial charge in [-0.3, -0.25) is 9.20 Å². The standard InChI is InChI=1S/C21H22N4O5S2/c1-31(27,28)21-22-19(18-9-5-6-11-25(18)21)20(26)23-12-14-24(15-13-23)32(29,30)16-10-17-7-3-2-4-8-17/h2-11,16H,12-15H2,1H3/b16-10+. The molecule has 9 nitrogen and oxygen atoms in total. The number of carbonyl (C=O) groups excluding carboxylic acids is 1. The van der Waals surface area contributed by atoms with Gasteiger partial charge in [0, 0.05) is 44.0 Å². The van der Waals surface area contributed by atoms with Crippen molar-refractivity contribution in [2.75, 3.05) is 32.4 Å². The van der Waals surface area contributed by atoms with Crippen LogP contribution in [-0.4, -0.2) is 73.8 Å². The molecule has 0 aliphatic carbocycles. The molecule has 1 aromatic carbocycles. The summed E-state index contributed by atoms with van der Waals surface area (Å²) in [6, 6.07) is 14.1. The van der Waals surface area contributed by atoms with Crippen molar-refractivity contribution < 1.29 is 21.6 Å². The fourth-order valence-electron chi connectivity index (χ4n) is 3.54. The van der Waals surface area contributed by atoms with Gasteiger partial charge in [0.05, 0.1) is 5.52 Å². The minimum atomic E-state index is -3.64. The lowest BCUT2D eigenvalue weighted by Crippen LogP contribution is -2.50. The molecule has 32 heavy (non-hydrogen) atoms. The van der Waals surface area contributed by atoms with Crippen molar-refractivity contribution in [3.8, 4) is 0 Å². The van der Waals surface area contributed by atoms with Crippen LogP contribution < -0.4 is 0 Å². The number of hydrogen-bond acceptors (Lipinski definition) is 6. The molecule has 1 aliphatic rings.